The Labute approximate surface area is 163 Å². The fourth-order valence-electron chi connectivity index (χ4n) is 2.60. The van der Waals surface area contributed by atoms with Crippen molar-refractivity contribution in [3.63, 3.8) is 0 Å². The Morgan fingerprint density at radius 3 is 2.63 bits per heavy atom. The Morgan fingerprint density at radius 2 is 1.89 bits per heavy atom. The first-order valence-corrected chi connectivity index (χ1v) is 9.15. The molecule has 7 nitrogen and oxygen atoms in total. The molecule has 0 aliphatic rings. The van der Waals surface area contributed by atoms with Crippen LogP contribution in [-0.2, 0) is 0 Å². The summed E-state index contributed by atoms with van der Waals surface area (Å²) in [5, 5.41) is 6.00. The van der Waals surface area contributed by atoms with Crippen LogP contribution in [0, 0.1) is 0 Å². The van der Waals surface area contributed by atoms with E-state index < -0.39 is 0 Å². The second-order valence-electron chi connectivity index (χ2n) is 6.31. The molecular formula is C19H22N6OS. The summed E-state index contributed by atoms with van der Waals surface area (Å²) < 4.78 is 1.26. The lowest BCUT2D eigenvalue weighted by Crippen LogP contribution is -2.27. The van der Waals surface area contributed by atoms with Gasteiger partial charge in [-0.2, -0.15) is 0 Å². The van der Waals surface area contributed by atoms with Crippen molar-refractivity contribution < 1.29 is 4.79 Å². The van der Waals surface area contributed by atoms with E-state index in [1.165, 1.54) is 9.87 Å². The van der Waals surface area contributed by atoms with E-state index in [4.69, 9.17) is 0 Å². The highest BCUT2D eigenvalue weighted by Gasteiger charge is 2.11. The molecule has 0 bridgehead atoms. The summed E-state index contributed by atoms with van der Waals surface area (Å²) in [5.41, 5.74) is 3.28. The van der Waals surface area contributed by atoms with Crippen molar-refractivity contribution >= 4 is 47.3 Å². The summed E-state index contributed by atoms with van der Waals surface area (Å²) in [5.74, 6) is 1.37. The highest BCUT2D eigenvalue weighted by molar-refractivity contribution is 7.78. The lowest BCUT2D eigenvalue weighted by atomic mass is 10.0. The number of carbonyl (C=O) groups is 1. The third-order valence-corrected chi connectivity index (χ3v) is 4.49. The Bertz CT molecular complexity index is 962. The quantitative estimate of drug-likeness (QED) is 0.562. The number of fused-ring (bicyclic) bond motifs is 1. The third kappa shape index (κ3) is 4.46. The van der Waals surface area contributed by atoms with Crippen LogP contribution in [0.4, 0.5) is 22.1 Å². The molecular weight excluding hydrogens is 360 g/mol. The molecule has 0 fully saturated rings. The van der Waals surface area contributed by atoms with Crippen LogP contribution in [0.2, 0.25) is 0 Å². The smallest absolute Gasteiger partial charge is 0.332 e. The summed E-state index contributed by atoms with van der Waals surface area (Å²) >= 11 is 4.08. The van der Waals surface area contributed by atoms with Crippen molar-refractivity contribution in [3.05, 3.63) is 48.2 Å². The Balaban J connectivity index is 1.87. The number of anilines is 3. The van der Waals surface area contributed by atoms with Gasteiger partial charge in [0.15, 0.2) is 11.5 Å². The number of nitrogens with one attached hydrogen (secondary N) is 2. The number of nitrogens with zero attached hydrogens (tertiary/aromatic N) is 4. The number of hydrogen-bond acceptors (Lipinski definition) is 6. The molecule has 1 aromatic carbocycles. The maximum absolute atomic E-state index is 11.9. The minimum absolute atomic E-state index is 0.346. The van der Waals surface area contributed by atoms with Gasteiger partial charge >= 0.3 is 6.03 Å². The van der Waals surface area contributed by atoms with Crippen molar-refractivity contribution in [2.75, 3.05) is 17.2 Å². The minimum atomic E-state index is -0.346. The van der Waals surface area contributed by atoms with Gasteiger partial charge in [0.05, 0.1) is 6.20 Å². The molecule has 2 amide bonds. The third-order valence-electron chi connectivity index (χ3n) is 4.02. The molecule has 0 spiro atoms. The molecule has 3 aromatic rings. The number of para-hydroxylation sites is 1. The molecule has 8 heteroatoms. The molecule has 140 valence electrons. The Morgan fingerprint density at radius 1 is 1.15 bits per heavy atom. The minimum Gasteiger partial charge on any atom is -0.339 e. The number of hydrogen-bond donors (Lipinski definition) is 3. The van der Waals surface area contributed by atoms with Crippen molar-refractivity contribution in [1.82, 2.24) is 19.3 Å². The zero-order valence-corrected chi connectivity index (χ0v) is 16.4. The van der Waals surface area contributed by atoms with Crippen LogP contribution in [0.3, 0.4) is 0 Å². The van der Waals surface area contributed by atoms with Gasteiger partial charge in [0.2, 0.25) is 0 Å². The Hall–Kier alpha value is -2.87. The van der Waals surface area contributed by atoms with Crippen LogP contribution >= 0.6 is 12.8 Å². The van der Waals surface area contributed by atoms with Crippen LogP contribution in [0.5, 0.6) is 0 Å². The number of urea groups is 1. The van der Waals surface area contributed by atoms with E-state index in [2.05, 4.69) is 58.3 Å². The molecule has 0 radical (unpaired) electrons. The normalized spacial score (nSPS) is 10.9. The van der Waals surface area contributed by atoms with Gasteiger partial charge in [-0.25, -0.2) is 19.7 Å². The fourth-order valence-corrected chi connectivity index (χ4v) is 2.65. The largest absolute Gasteiger partial charge is 0.339 e. The molecule has 0 unspecified atom stereocenters. The monoisotopic (exact) mass is 382 g/mol. The molecule has 0 atom stereocenters. The summed E-state index contributed by atoms with van der Waals surface area (Å²) in [4.78, 5) is 25.3. The van der Waals surface area contributed by atoms with E-state index in [1.54, 1.807) is 18.3 Å². The average Bonchev–Trinajstić information content (AvgIpc) is 2.67. The maximum Gasteiger partial charge on any atom is 0.332 e. The molecule has 2 N–H and O–H groups in total. The number of amides is 2. The number of aromatic nitrogens is 3. The van der Waals surface area contributed by atoms with Crippen molar-refractivity contribution in [2.45, 2.75) is 26.7 Å². The highest BCUT2D eigenvalue weighted by atomic mass is 32.1. The van der Waals surface area contributed by atoms with E-state index in [1.807, 2.05) is 25.1 Å². The van der Waals surface area contributed by atoms with Gasteiger partial charge < -0.3 is 5.32 Å². The van der Waals surface area contributed by atoms with E-state index in [-0.39, 0.29) is 6.03 Å². The highest BCUT2D eigenvalue weighted by Crippen LogP contribution is 2.26. The van der Waals surface area contributed by atoms with Crippen molar-refractivity contribution in [3.8, 4) is 0 Å². The topological polar surface area (TPSA) is 83.0 Å². The Kier molecular flexibility index (Phi) is 5.75. The molecule has 0 saturated heterocycles. The molecule has 2 aromatic heterocycles. The summed E-state index contributed by atoms with van der Waals surface area (Å²) in [6.45, 7) is 6.60. The van der Waals surface area contributed by atoms with Crippen molar-refractivity contribution in [1.29, 1.82) is 0 Å². The molecule has 0 aliphatic carbocycles. The van der Waals surface area contributed by atoms with Gasteiger partial charge in [-0.05, 0) is 36.6 Å². The van der Waals surface area contributed by atoms with Crippen LogP contribution in [0.15, 0.2) is 42.6 Å². The van der Waals surface area contributed by atoms with Crippen LogP contribution < -0.4 is 10.6 Å². The predicted octanol–water partition coefficient (Wildman–Crippen LogP) is 4.59. The molecule has 2 heterocycles. The zero-order chi connectivity index (χ0) is 19.4. The maximum atomic E-state index is 11.9. The van der Waals surface area contributed by atoms with Crippen LogP contribution in [0.25, 0.3) is 11.2 Å². The summed E-state index contributed by atoms with van der Waals surface area (Å²) in [6, 6.07) is 11.2. The molecule has 0 aliphatic heterocycles. The second kappa shape index (κ2) is 8.22. The van der Waals surface area contributed by atoms with E-state index in [0.29, 0.717) is 35.3 Å². The van der Waals surface area contributed by atoms with Gasteiger partial charge in [0.1, 0.15) is 11.3 Å². The first-order chi connectivity index (χ1) is 13.0. The van der Waals surface area contributed by atoms with Crippen LogP contribution in [-0.4, -0.2) is 31.8 Å². The van der Waals surface area contributed by atoms with Crippen LogP contribution in [0.1, 0.15) is 32.3 Å². The fraction of sp³-hybridized carbons (Fsp3) is 0.263. The summed E-state index contributed by atoms with van der Waals surface area (Å²) in [6.07, 6.45) is 1.67. The number of benzene rings is 1. The van der Waals surface area contributed by atoms with Gasteiger partial charge in [0, 0.05) is 12.2 Å². The number of thiol groups is 1. The molecule has 27 heavy (non-hydrogen) atoms. The number of carbonyl (C=O) groups excluding carboxylic acids is 1. The van der Waals surface area contributed by atoms with E-state index in [0.717, 1.165) is 5.69 Å². The second-order valence-corrected chi connectivity index (χ2v) is 6.79. The van der Waals surface area contributed by atoms with Gasteiger partial charge in [0.25, 0.3) is 0 Å². The lowest BCUT2D eigenvalue weighted by Gasteiger charge is -2.14. The van der Waals surface area contributed by atoms with E-state index >= 15 is 0 Å². The first kappa shape index (κ1) is 18.9. The van der Waals surface area contributed by atoms with E-state index in [9.17, 15) is 4.79 Å². The van der Waals surface area contributed by atoms with Gasteiger partial charge in [-0.1, -0.05) is 44.9 Å². The average molecular weight is 382 g/mol. The lowest BCUT2D eigenvalue weighted by molar-refractivity contribution is 0.240. The number of pyridine rings is 1. The SMILES string of the molecule is CCN(S)C(=O)Nc1ccc2ncc(Nc3ccccc3C(C)C)nc2n1. The van der Waals surface area contributed by atoms with Gasteiger partial charge in [-0.3, -0.25) is 9.62 Å². The first-order valence-electron chi connectivity index (χ1n) is 8.75. The number of rotatable bonds is 5. The summed E-state index contributed by atoms with van der Waals surface area (Å²) in [7, 11) is 0. The standard InChI is InChI=1S/C19H22N6OS/c1-4-25(27)19(26)24-16-10-9-15-18(22-16)23-17(11-20-15)21-14-8-6-5-7-13(14)12(2)3/h5-12,27H,4H2,1-3H3,(H2,21,22,23,24,26). The zero-order valence-electron chi connectivity index (χ0n) is 15.5. The predicted molar refractivity (Wildman–Crippen MR) is 112 cm³/mol. The molecule has 3 rings (SSSR count). The van der Waals surface area contributed by atoms with Gasteiger partial charge in [-0.15, -0.1) is 0 Å². The molecule has 0 saturated carbocycles. The van der Waals surface area contributed by atoms with Crippen molar-refractivity contribution in [2.24, 2.45) is 0 Å².